The summed E-state index contributed by atoms with van der Waals surface area (Å²) in [6.45, 7) is 4.14. The number of hydrogen-bond acceptors (Lipinski definition) is 3. The molecule has 0 saturated carbocycles. The van der Waals surface area contributed by atoms with Crippen molar-refractivity contribution in [1.82, 2.24) is 14.6 Å². The molecule has 0 amide bonds. The molecule has 0 spiro atoms. The summed E-state index contributed by atoms with van der Waals surface area (Å²) in [4.78, 5) is 5.60. The van der Waals surface area contributed by atoms with Crippen molar-refractivity contribution in [2.45, 2.75) is 20.3 Å². The fraction of sp³-hybridized carbons (Fsp3) is 0.231. The Morgan fingerprint density at radius 1 is 1.39 bits per heavy atom. The summed E-state index contributed by atoms with van der Waals surface area (Å²) in [5.41, 5.74) is 3.05. The summed E-state index contributed by atoms with van der Waals surface area (Å²) < 4.78 is 1.92. The molecule has 0 bridgehead atoms. The van der Waals surface area contributed by atoms with Gasteiger partial charge in [0.05, 0.1) is 11.4 Å². The van der Waals surface area contributed by atoms with Crippen LogP contribution in [0.4, 0.5) is 0 Å². The van der Waals surface area contributed by atoms with E-state index < -0.39 is 0 Å². The minimum absolute atomic E-state index is 0.727. The first-order valence-electron chi connectivity index (χ1n) is 5.80. The van der Waals surface area contributed by atoms with Crippen LogP contribution in [0.25, 0.3) is 16.2 Å². The van der Waals surface area contributed by atoms with E-state index in [-0.39, 0.29) is 0 Å². The molecule has 92 valence electrons. The maximum Gasteiger partial charge on any atom is 0.212 e. The van der Waals surface area contributed by atoms with Gasteiger partial charge in [0.25, 0.3) is 0 Å². The predicted octanol–water partition coefficient (Wildman–Crippen LogP) is 3.98. The molecule has 0 aliphatic heterocycles. The summed E-state index contributed by atoms with van der Waals surface area (Å²) in [5, 5.41) is 6.38. The van der Waals surface area contributed by atoms with Crippen molar-refractivity contribution in [2.75, 3.05) is 0 Å². The normalized spacial score (nSPS) is 11.3. The number of halogens is 1. The summed E-state index contributed by atoms with van der Waals surface area (Å²) >= 11 is 7.66. The van der Waals surface area contributed by atoms with E-state index in [1.165, 1.54) is 0 Å². The average Bonchev–Trinajstić information content (AvgIpc) is 2.89. The number of aryl methyl sites for hydroxylation is 2. The lowest BCUT2D eigenvalue weighted by atomic mass is 10.1. The second-order valence-electron chi connectivity index (χ2n) is 4.10. The molecular weight excluding hydrogens is 266 g/mol. The first kappa shape index (κ1) is 11.7. The maximum atomic E-state index is 6.02. The fourth-order valence-corrected chi connectivity index (χ4v) is 3.01. The average molecular weight is 278 g/mol. The lowest BCUT2D eigenvalue weighted by Gasteiger charge is -1.99. The second-order valence-corrected chi connectivity index (χ2v) is 5.58. The van der Waals surface area contributed by atoms with Crippen LogP contribution in [0.15, 0.2) is 24.3 Å². The van der Waals surface area contributed by atoms with Gasteiger partial charge in [-0.05, 0) is 25.5 Å². The first-order valence-corrected chi connectivity index (χ1v) is 6.99. The molecule has 2 aromatic heterocycles. The molecule has 3 aromatic rings. The number of rotatable bonds is 2. The molecule has 0 aliphatic carbocycles. The van der Waals surface area contributed by atoms with Gasteiger partial charge in [-0.25, -0.2) is 9.50 Å². The highest BCUT2D eigenvalue weighted by Crippen LogP contribution is 2.28. The zero-order valence-electron chi connectivity index (χ0n) is 10.1. The van der Waals surface area contributed by atoms with Crippen LogP contribution >= 0.6 is 22.9 Å². The van der Waals surface area contributed by atoms with Crippen LogP contribution in [0.5, 0.6) is 0 Å². The predicted molar refractivity (Wildman–Crippen MR) is 75.4 cm³/mol. The fourth-order valence-electron chi connectivity index (χ4n) is 1.94. The van der Waals surface area contributed by atoms with Crippen LogP contribution in [0.3, 0.4) is 0 Å². The Bertz CT molecular complexity index is 714. The molecule has 3 rings (SSSR count). The summed E-state index contributed by atoms with van der Waals surface area (Å²) in [7, 11) is 0. The summed E-state index contributed by atoms with van der Waals surface area (Å²) in [5.74, 6) is 0. The number of benzene rings is 1. The van der Waals surface area contributed by atoms with E-state index in [9.17, 15) is 0 Å². The number of hydrogen-bond donors (Lipinski definition) is 0. The van der Waals surface area contributed by atoms with Gasteiger partial charge in [0, 0.05) is 10.6 Å². The zero-order valence-corrected chi connectivity index (χ0v) is 11.7. The second kappa shape index (κ2) is 4.37. The Hall–Kier alpha value is -1.39. The molecule has 2 heterocycles. The SMILES string of the molecule is CCc1nn2c(C)c(-c3cccc(Cl)c3)nc2s1. The molecule has 0 N–H and O–H groups in total. The Kier molecular flexibility index (Phi) is 2.84. The molecule has 1 aromatic carbocycles. The van der Waals surface area contributed by atoms with Crippen LogP contribution in [0.1, 0.15) is 17.6 Å². The minimum atomic E-state index is 0.727. The van der Waals surface area contributed by atoms with Crippen molar-refractivity contribution in [3.8, 4) is 11.3 Å². The first-order chi connectivity index (χ1) is 8.69. The minimum Gasteiger partial charge on any atom is -0.217 e. The highest BCUT2D eigenvalue weighted by molar-refractivity contribution is 7.16. The molecule has 0 aliphatic rings. The molecule has 0 radical (unpaired) electrons. The molecule has 0 saturated heterocycles. The monoisotopic (exact) mass is 277 g/mol. The topological polar surface area (TPSA) is 30.2 Å². The highest BCUT2D eigenvalue weighted by Gasteiger charge is 2.14. The van der Waals surface area contributed by atoms with Crippen LogP contribution in [-0.4, -0.2) is 14.6 Å². The number of nitrogens with zero attached hydrogens (tertiary/aromatic N) is 3. The summed E-state index contributed by atoms with van der Waals surface area (Å²) in [6, 6.07) is 7.76. The van der Waals surface area contributed by atoms with E-state index in [1.807, 2.05) is 35.7 Å². The van der Waals surface area contributed by atoms with Gasteiger partial charge in [-0.2, -0.15) is 5.10 Å². The third-order valence-corrected chi connectivity index (χ3v) is 4.16. The van der Waals surface area contributed by atoms with Crippen molar-refractivity contribution < 1.29 is 0 Å². The van der Waals surface area contributed by atoms with Crippen LogP contribution in [-0.2, 0) is 6.42 Å². The highest BCUT2D eigenvalue weighted by atomic mass is 35.5. The van der Waals surface area contributed by atoms with Gasteiger partial charge < -0.3 is 0 Å². The van der Waals surface area contributed by atoms with Crippen LogP contribution in [0, 0.1) is 6.92 Å². The summed E-state index contributed by atoms with van der Waals surface area (Å²) in [6.07, 6.45) is 0.944. The zero-order chi connectivity index (χ0) is 12.7. The Morgan fingerprint density at radius 2 is 2.22 bits per heavy atom. The largest absolute Gasteiger partial charge is 0.217 e. The van der Waals surface area contributed by atoms with Gasteiger partial charge in [-0.3, -0.25) is 0 Å². The van der Waals surface area contributed by atoms with Crippen molar-refractivity contribution in [1.29, 1.82) is 0 Å². The Morgan fingerprint density at radius 3 is 2.89 bits per heavy atom. The van der Waals surface area contributed by atoms with E-state index in [2.05, 4.69) is 17.0 Å². The standard InChI is InChI=1S/C13H12ClN3S/c1-3-11-16-17-8(2)12(15-13(17)18-11)9-5-4-6-10(14)7-9/h4-7H,3H2,1-2H3. The molecule has 3 nitrogen and oxygen atoms in total. The number of fused-ring (bicyclic) bond motifs is 1. The lowest BCUT2D eigenvalue weighted by molar-refractivity contribution is 0.882. The van der Waals surface area contributed by atoms with Crippen molar-refractivity contribution >= 4 is 27.9 Å². The van der Waals surface area contributed by atoms with E-state index in [1.54, 1.807) is 11.3 Å². The van der Waals surface area contributed by atoms with Crippen molar-refractivity contribution in [2.24, 2.45) is 0 Å². The molecule has 0 fully saturated rings. The molecule has 18 heavy (non-hydrogen) atoms. The maximum absolute atomic E-state index is 6.02. The van der Waals surface area contributed by atoms with Crippen LogP contribution < -0.4 is 0 Å². The van der Waals surface area contributed by atoms with Gasteiger partial charge in [0.2, 0.25) is 4.96 Å². The van der Waals surface area contributed by atoms with Crippen LogP contribution in [0.2, 0.25) is 5.02 Å². The molecule has 0 unspecified atom stereocenters. The van der Waals surface area contributed by atoms with E-state index in [0.29, 0.717) is 0 Å². The molecule has 5 heteroatoms. The third-order valence-electron chi connectivity index (χ3n) is 2.87. The molecular formula is C13H12ClN3S. The van der Waals surface area contributed by atoms with Gasteiger partial charge in [0.15, 0.2) is 0 Å². The van der Waals surface area contributed by atoms with Gasteiger partial charge >= 0.3 is 0 Å². The van der Waals surface area contributed by atoms with E-state index in [4.69, 9.17) is 11.6 Å². The van der Waals surface area contributed by atoms with Gasteiger partial charge in [0.1, 0.15) is 5.01 Å². The van der Waals surface area contributed by atoms with Gasteiger partial charge in [-0.15, -0.1) is 0 Å². The lowest BCUT2D eigenvalue weighted by Crippen LogP contribution is -1.90. The Balaban J connectivity index is 2.18. The van der Waals surface area contributed by atoms with Crippen molar-refractivity contribution in [3.63, 3.8) is 0 Å². The third kappa shape index (κ3) is 1.82. The smallest absolute Gasteiger partial charge is 0.212 e. The van der Waals surface area contributed by atoms with Gasteiger partial charge in [-0.1, -0.05) is 42.0 Å². The van der Waals surface area contributed by atoms with E-state index >= 15 is 0 Å². The number of imidazole rings is 1. The van der Waals surface area contributed by atoms with Crippen molar-refractivity contribution in [3.05, 3.63) is 40.0 Å². The quantitative estimate of drug-likeness (QED) is 0.709. The van der Waals surface area contributed by atoms with E-state index in [0.717, 1.165) is 38.4 Å². The number of aromatic nitrogens is 3. The Labute approximate surface area is 114 Å². The molecule has 0 atom stereocenters.